The number of carbonyl (C=O) groups excluding carboxylic acids is 3. The molecule has 0 radical (unpaired) electrons. The molecule has 1 saturated carbocycles. The Bertz CT molecular complexity index is 1960. The van der Waals surface area contributed by atoms with Crippen LogP contribution in [-0.4, -0.2) is 62.8 Å². The van der Waals surface area contributed by atoms with Gasteiger partial charge in [-0.15, -0.1) is 5.10 Å². The standard InChI is InChI=1S/C35H40N6O7/c1-10-46-27-18-36-19(2)37-29(27)38-28-22-13-11-20(15-26(22)41(39-28)32(44)48-34(6,7)8)24-17-35(24)23-16-21(45-9)12-14-25(23)40(30(35)42)31(43)47-33(3,4)5/h11-16,18,24H,10,17H2,1-9H3,(H,36,37,38,39)/t24-,35-/m0/s1. The number of aryl methyl sites for hydroxylation is 1. The maximum Gasteiger partial charge on any atom is 0.435 e. The summed E-state index contributed by atoms with van der Waals surface area (Å²) >= 11 is 0. The van der Waals surface area contributed by atoms with Gasteiger partial charge in [-0.2, -0.15) is 4.68 Å². The molecule has 13 nitrogen and oxygen atoms in total. The van der Waals surface area contributed by atoms with E-state index in [2.05, 4.69) is 20.4 Å². The average molecular weight is 657 g/mol. The Kier molecular flexibility index (Phi) is 7.84. The number of ether oxygens (including phenoxy) is 4. The average Bonchev–Trinajstić information content (AvgIpc) is 3.58. The molecule has 252 valence electrons. The summed E-state index contributed by atoms with van der Waals surface area (Å²) in [6.45, 7) is 14.6. The third-order valence-corrected chi connectivity index (χ3v) is 8.13. The lowest BCUT2D eigenvalue weighted by molar-refractivity contribution is -0.120. The SMILES string of the molecule is CCOc1cnc(C)nc1Nc1nn(C(=O)OC(C)(C)C)c2cc([C@@H]3C[C@@]34C(=O)N(C(=O)OC(C)(C)C)c3ccc(OC)cc34)ccc12. The molecular weight excluding hydrogens is 616 g/mol. The molecule has 1 spiro atoms. The second kappa shape index (κ2) is 11.5. The summed E-state index contributed by atoms with van der Waals surface area (Å²) in [5.74, 6) is 1.61. The Morgan fingerprint density at radius 2 is 1.71 bits per heavy atom. The van der Waals surface area contributed by atoms with Gasteiger partial charge < -0.3 is 24.3 Å². The minimum Gasteiger partial charge on any atom is -0.497 e. The summed E-state index contributed by atoms with van der Waals surface area (Å²) in [4.78, 5) is 50.9. The minimum absolute atomic E-state index is 0.305. The van der Waals surface area contributed by atoms with Gasteiger partial charge in [0.1, 0.15) is 22.8 Å². The first-order valence-corrected chi connectivity index (χ1v) is 15.8. The first-order chi connectivity index (χ1) is 22.6. The fraction of sp³-hybridized carbons (Fsp3) is 0.429. The number of methoxy groups -OCH3 is 1. The second-order valence-corrected chi connectivity index (χ2v) is 13.9. The molecule has 2 atom stereocenters. The molecule has 4 aromatic rings. The summed E-state index contributed by atoms with van der Waals surface area (Å²) in [6.07, 6.45) is 0.621. The zero-order valence-corrected chi connectivity index (χ0v) is 28.6. The number of rotatable bonds is 6. The number of fused-ring (bicyclic) bond motifs is 3. The number of hydrogen-bond acceptors (Lipinski definition) is 11. The first kappa shape index (κ1) is 32.7. The minimum atomic E-state index is -1.02. The number of imide groups is 1. The van der Waals surface area contributed by atoms with E-state index in [1.165, 1.54) is 4.68 Å². The fourth-order valence-corrected chi connectivity index (χ4v) is 6.11. The lowest BCUT2D eigenvalue weighted by atomic mass is 9.91. The molecule has 0 saturated heterocycles. The number of carbonyl (C=O) groups is 3. The molecular formula is C35H40N6O7. The molecule has 2 aliphatic rings. The van der Waals surface area contributed by atoms with Gasteiger partial charge in [0.25, 0.3) is 0 Å². The van der Waals surface area contributed by atoms with E-state index in [9.17, 15) is 14.4 Å². The molecule has 48 heavy (non-hydrogen) atoms. The van der Waals surface area contributed by atoms with Crippen LogP contribution in [0.2, 0.25) is 0 Å². The van der Waals surface area contributed by atoms with Crippen molar-refractivity contribution >= 4 is 46.3 Å². The highest BCUT2D eigenvalue weighted by molar-refractivity contribution is 6.23. The Balaban J connectivity index is 1.44. The smallest absolute Gasteiger partial charge is 0.435 e. The summed E-state index contributed by atoms with van der Waals surface area (Å²) in [7, 11) is 1.55. The van der Waals surface area contributed by atoms with Gasteiger partial charge in [-0.05, 0) is 103 Å². The van der Waals surface area contributed by atoms with Crippen LogP contribution < -0.4 is 19.7 Å². The van der Waals surface area contributed by atoms with E-state index in [-0.39, 0.29) is 11.8 Å². The van der Waals surface area contributed by atoms with Crippen molar-refractivity contribution in [1.82, 2.24) is 19.7 Å². The summed E-state index contributed by atoms with van der Waals surface area (Å²) in [5.41, 5.74) is -0.181. The van der Waals surface area contributed by atoms with Crippen molar-refractivity contribution in [3.63, 3.8) is 0 Å². The van der Waals surface area contributed by atoms with Crippen molar-refractivity contribution < 1.29 is 33.3 Å². The highest BCUT2D eigenvalue weighted by Crippen LogP contribution is 2.67. The monoisotopic (exact) mass is 656 g/mol. The third-order valence-electron chi connectivity index (χ3n) is 8.13. The normalized spacial score (nSPS) is 18.6. The molecule has 3 heterocycles. The Morgan fingerprint density at radius 3 is 2.38 bits per heavy atom. The molecule has 6 rings (SSSR count). The molecule has 2 aromatic heterocycles. The number of amides is 2. The molecule has 13 heteroatoms. The second-order valence-electron chi connectivity index (χ2n) is 13.9. The Labute approximate surface area is 278 Å². The fourth-order valence-electron chi connectivity index (χ4n) is 6.11. The lowest BCUT2D eigenvalue weighted by Gasteiger charge is -2.24. The van der Waals surface area contributed by atoms with Gasteiger partial charge in [0, 0.05) is 11.3 Å². The van der Waals surface area contributed by atoms with Gasteiger partial charge in [-0.3, -0.25) is 4.79 Å². The van der Waals surface area contributed by atoms with Crippen molar-refractivity contribution in [2.24, 2.45) is 0 Å². The van der Waals surface area contributed by atoms with Crippen molar-refractivity contribution in [2.45, 2.75) is 84.3 Å². The number of hydrogen-bond donors (Lipinski definition) is 1. The molecule has 0 bridgehead atoms. The van der Waals surface area contributed by atoms with Crippen molar-refractivity contribution in [3.8, 4) is 11.5 Å². The number of aromatic nitrogens is 4. The summed E-state index contributed by atoms with van der Waals surface area (Å²) in [5, 5.41) is 8.45. The van der Waals surface area contributed by atoms with E-state index in [4.69, 9.17) is 18.9 Å². The maximum absolute atomic E-state index is 14.2. The van der Waals surface area contributed by atoms with E-state index in [0.717, 1.165) is 10.5 Å². The van der Waals surface area contributed by atoms with Crippen LogP contribution in [-0.2, 0) is 19.7 Å². The van der Waals surface area contributed by atoms with Crippen LogP contribution in [0.3, 0.4) is 0 Å². The van der Waals surface area contributed by atoms with Gasteiger partial charge in [0.15, 0.2) is 17.4 Å². The van der Waals surface area contributed by atoms with E-state index in [1.54, 1.807) is 73.9 Å². The number of nitrogens with one attached hydrogen (secondary N) is 1. The summed E-state index contributed by atoms with van der Waals surface area (Å²) < 4.78 is 23.8. The molecule has 2 aromatic carbocycles. The predicted molar refractivity (Wildman–Crippen MR) is 178 cm³/mol. The van der Waals surface area contributed by atoms with Crippen molar-refractivity contribution in [3.05, 3.63) is 59.5 Å². The Morgan fingerprint density at radius 1 is 1.00 bits per heavy atom. The molecule has 1 fully saturated rings. The number of nitrogens with zero attached hydrogens (tertiary/aromatic N) is 5. The van der Waals surface area contributed by atoms with Crippen molar-refractivity contribution in [2.75, 3.05) is 23.9 Å². The lowest BCUT2D eigenvalue weighted by Crippen LogP contribution is -2.41. The van der Waals surface area contributed by atoms with Crippen LogP contribution in [0.25, 0.3) is 10.9 Å². The van der Waals surface area contributed by atoms with Crippen LogP contribution in [0.5, 0.6) is 11.5 Å². The topological polar surface area (TPSA) is 147 Å². The zero-order valence-electron chi connectivity index (χ0n) is 28.6. The number of anilines is 3. The highest BCUT2D eigenvalue weighted by Gasteiger charge is 2.68. The van der Waals surface area contributed by atoms with Gasteiger partial charge in [-0.1, -0.05) is 6.07 Å². The van der Waals surface area contributed by atoms with E-state index >= 15 is 0 Å². The van der Waals surface area contributed by atoms with Gasteiger partial charge in [0.2, 0.25) is 5.91 Å². The van der Waals surface area contributed by atoms with E-state index < -0.39 is 28.8 Å². The molecule has 2 amide bonds. The molecule has 0 unspecified atom stereocenters. The van der Waals surface area contributed by atoms with Crippen LogP contribution in [0.4, 0.5) is 26.9 Å². The van der Waals surface area contributed by atoms with E-state index in [0.29, 0.717) is 64.1 Å². The maximum atomic E-state index is 14.2. The number of benzene rings is 2. The molecule has 1 aliphatic carbocycles. The largest absolute Gasteiger partial charge is 0.497 e. The molecule has 1 N–H and O–H groups in total. The van der Waals surface area contributed by atoms with Gasteiger partial charge in [0.05, 0.1) is 36.5 Å². The van der Waals surface area contributed by atoms with Crippen LogP contribution in [0.1, 0.15) is 77.8 Å². The van der Waals surface area contributed by atoms with Crippen molar-refractivity contribution in [1.29, 1.82) is 0 Å². The molecule has 1 aliphatic heterocycles. The van der Waals surface area contributed by atoms with Crippen LogP contribution >= 0.6 is 0 Å². The zero-order chi connectivity index (χ0) is 34.8. The van der Waals surface area contributed by atoms with Crippen LogP contribution in [0.15, 0.2) is 42.6 Å². The Hall–Kier alpha value is -5.20. The van der Waals surface area contributed by atoms with Gasteiger partial charge in [-0.25, -0.2) is 24.5 Å². The summed E-state index contributed by atoms with van der Waals surface area (Å²) in [6, 6.07) is 10.8. The highest BCUT2D eigenvalue weighted by atomic mass is 16.6. The van der Waals surface area contributed by atoms with E-state index in [1.807, 2.05) is 31.2 Å². The predicted octanol–water partition coefficient (Wildman–Crippen LogP) is 6.78. The quantitative estimate of drug-likeness (QED) is 0.234. The first-order valence-electron chi connectivity index (χ1n) is 15.8. The van der Waals surface area contributed by atoms with Gasteiger partial charge >= 0.3 is 12.2 Å². The third kappa shape index (κ3) is 5.77. The van der Waals surface area contributed by atoms with Crippen LogP contribution in [0, 0.1) is 6.92 Å².